The van der Waals surface area contributed by atoms with Crippen LogP contribution in [0.15, 0.2) is 0 Å². The second-order valence-electron chi connectivity index (χ2n) is 4.45. The van der Waals surface area contributed by atoms with Crippen molar-refractivity contribution in [3.63, 3.8) is 0 Å². The summed E-state index contributed by atoms with van der Waals surface area (Å²) in [4.78, 5) is 15.5. The van der Waals surface area contributed by atoms with Crippen LogP contribution in [0.2, 0.25) is 0 Å². The second-order valence-corrected chi connectivity index (χ2v) is 4.45. The lowest BCUT2D eigenvalue weighted by atomic mass is 10.3. The molecule has 1 rings (SSSR count). The number of nitrogens with one attached hydrogen (secondary N) is 1. The van der Waals surface area contributed by atoms with Crippen molar-refractivity contribution in [1.82, 2.24) is 15.1 Å². The zero-order valence-corrected chi connectivity index (χ0v) is 10.5. The zero-order valence-electron chi connectivity index (χ0n) is 10.5. The number of carbonyl (C=O) groups excluding carboxylic acids is 1. The molecular weight excluding hydrogens is 206 g/mol. The molecule has 94 valence electrons. The molecule has 1 heterocycles. The molecule has 0 saturated carbocycles. The van der Waals surface area contributed by atoms with Gasteiger partial charge in [-0.1, -0.05) is 0 Å². The van der Waals surface area contributed by atoms with Crippen molar-refractivity contribution in [2.75, 3.05) is 46.3 Å². The minimum atomic E-state index is -0.231. The number of likely N-dealkylation sites (N-methyl/N-ethyl adjacent to an activating group) is 1. The van der Waals surface area contributed by atoms with E-state index in [-0.39, 0.29) is 12.2 Å². The van der Waals surface area contributed by atoms with E-state index in [1.54, 1.807) is 11.9 Å². The summed E-state index contributed by atoms with van der Waals surface area (Å²) in [6.07, 6.45) is -0.278. The summed E-state index contributed by atoms with van der Waals surface area (Å²) >= 11 is 0. The Bertz CT molecular complexity index is 215. The van der Waals surface area contributed by atoms with Gasteiger partial charge in [0.05, 0.1) is 6.10 Å². The summed E-state index contributed by atoms with van der Waals surface area (Å²) in [5.41, 5.74) is 0. The fourth-order valence-electron chi connectivity index (χ4n) is 1.61. The van der Waals surface area contributed by atoms with Crippen molar-refractivity contribution in [3.8, 4) is 0 Å². The summed E-state index contributed by atoms with van der Waals surface area (Å²) in [7, 11) is 1.78. The number of ether oxygens (including phenoxy) is 1. The number of nitrogens with zero attached hydrogens (tertiary/aromatic N) is 2. The van der Waals surface area contributed by atoms with Crippen molar-refractivity contribution in [1.29, 1.82) is 0 Å². The Morgan fingerprint density at radius 3 is 2.62 bits per heavy atom. The molecule has 0 atom stereocenters. The first-order chi connectivity index (χ1) is 7.59. The third kappa shape index (κ3) is 4.81. The van der Waals surface area contributed by atoms with Crippen molar-refractivity contribution < 1.29 is 9.53 Å². The number of rotatable bonds is 4. The normalized spacial score (nSPS) is 17.5. The summed E-state index contributed by atoms with van der Waals surface area (Å²) in [6.45, 7) is 9.58. The molecule has 1 saturated heterocycles. The highest BCUT2D eigenvalue weighted by atomic mass is 16.6. The molecular formula is C11H23N3O2. The van der Waals surface area contributed by atoms with Crippen LogP contribution in [0, 0.1) is 0 Å². The average Bonchev–Trinajstić information content (AvgIpc) is 2.26. The van der Waals surface area contributed by atoms with Crippen LogP contribution in [0.5, 0.6) is 0 Å². The third-order valence-corrected chi connectivity index (χ3v) is 2.61. The van der Waals surface area contributed by atoms with Gasteiger partial charge in [0.2, 0.25) is 0 Å². The summed E-state index contributed by atoms with van der Waals surface area (Å²) in [5, 5.41) is 3.30. The van der Waals surface area contributed by atoms with Crippen LogP contribution >= 0.6 is 0 Å². The highest BCUT2D eigenvalue weighted by molar-refractivity contribution is 5.67. The Hall–Kier alpha value is -0.810. The van der Waals surface area contributed by atoms with Crippen LogP contribution in [-0.4, -0.2) is 68.3 Å². The highest BCUT2D eigenvalue weighted by Crippen LogP contribution is 1.97. The van der Waals surface area contributed by atoms with Crippen molar-refractivity contribution in [2.45, 2.75) is 20.0 Å². The van der Waals surface area contributed by atoms with E-state index < -0.39 is 0 Å². The number of hydrogen-bond donors (Lipinski definition) is 1. The quantitative estimate of drug-likeness (QED) is 0.756. The first-order valence-electron chi connectivity index (χ1n) is 5.94. The van der Waals surface area contributed by atoms with Gasteiger partial charge in [-0.25, -0.2) is 4.79 Å². The van der Waals surface area contributed by atoms with Gasteiger partial charge in [-0.2, -0.15) is 0 Å². The second kappa shape index (κ2) is 6.70. The lowest BCUT2D eigenvalue weighted by Crippen LogP contribution is -2.46. The molecule has 0 bridgehead atoms. The van der Waals surface area contributed by atoms with E-state index in [0.29, 0.717) is 0 Å². The van der Waals surface area contributed by atoms with Gasteiger partial charge in [0, 0.05) is 46.3 Å². The maximum Gasteiger partial charge on any atom is 0.409 e. The van der Waals surface area contributed by atoms with E-state index in [1.165, 1.54) is 0 Å². The minimum Gasteiger partial charge on any atom is -0.447 e. The molecule has 0 aromatic rings. The summed E-state index contributed by atoms with van der Waals surface area (Å²) in [6, 6.07) is 0. The van der Waals surface area contributed by atoms with Gasteiger partial charge in [0.15, 0.2) is 0 Å². The minimum absolute atomic E-state index is 0.0471. The lowest BCUT2D eigenvalue weighted by Gasteiger charge is -2.29. The number of hydrogen-bond acceptors (Lipinski definition) is 4. The Morgan fingerprint density at radius 1 is 1.44 bits per heavy atom. The van der Waals surface area contributed by atoms with Crippen LogP contribution in [0.3, 0.4) is 0 Å². The molecule has 0 aromatic carbocycles. The fraction of sp³-hybridized carbons (Fsp3) is 0.909. The van der Waals surface area contributed by atoms with Crippen LogP contribution < -0.4 is 5.32 Å². The Labute approximate surface area is 97.7 Å². The van der Waals surface area contributed by atoms with E-state index in [1.807, 2.05) is 13.8 Å². The van der Waals surface area contributed by atoms with Crippen LogP contribution in [0.4, 0.5) is 4.79 Å². The van der Waals surface area contributed by atoms with Crippen LogP contribution in [0.25, 0.3) is 0 Å². The molecule has 1 fully saturated rings. The van der Waals surface area contributed by atoms with E-state index in [2.05, 4.69) is 10.2 Å². The van der Waals surface area contributed by atoms with Gasteiger partial charge in [-0.05, 0) is 13.8 Å². The summed E-state index contributed by atoms with van der Waals surface area (Å²) < 4.78 is 5.11. The van der Waals surface area contributed by atoms with Crippen LogP contribution in [-0.2, 0) is 4.74 Å². The molecule has 5 nitrogen and oxygen atoms in total. The van der Waals surface area contributed by atoms with E-state index in [4.69, 9.17) is 4.74 Å². The zero-order chi connectivity index (χ0) is 12.0. The van der Waals surface area contributed by atoms with Gasteiger partial charge in [0.1, 0.15) is 0 Å². The van der Waals surface area contributed by atoms with Crippen LogP contribution in [0.1, 0.15) is 13.8 Å². The first kappa shape index (κ1) is 13.3. The Balaban J connectivity index is 2.17. The SMILES string of the molecule is CC(C)OC(=O)N(C)CCN1CCNCC1. The maximum atomic E-state index is 11.5. The molecule has 0 aromatic heterocycles. The highest BCUT2D eigenvalue weighted by Gasteiger charge is 2.14. The standard InChI is InChI=1S/C11H23N3O2/c1-10(2)16-11(15)13(3)8-9-14-6-4-12-5-7-14/h10,12H,4-9H2,1-3H3. The predicted molar refractivity (Wildman–Crippen MR) is 63.6 cm³/mol. The molecule has 0 unspecified atom stereocenters. The molecule has 16 heavy (non-hydrogen) atoms. The number of carbonyl (C=O) groups is 1. The average molecular weight is 229 g/mol. The molecule has 5 heteroatoms. The Morgan fingerprint density at radius 2 is 2.06 bits per heavy atom. The Kier molecular flexibility index (Phi) is 5.55. The molecule has 1 aliphatic rings. The van der Waals surface area contributed by atoms with Gasteiger partial charge in [-0.3, -0.25) is 4.90 Å². The molecule has 1 amide bonds. The molecule has 0 aliphatic carbocycles. The number of amides is 1. The molecule has 1 aliphatic heterocycles. The van der Waals surface area contributed by atoms with Crippen molar-refractivity contribution in [3.05, 3.63) is 0 Å². The molecule has 1 N–H and O–H groups in total. The largest absolute Gasteiger partial charge is 0.447 e. The first-order valence-corrected chi connectivity index (χ1v) is 5.94. The van der Waals surface area contributed by atoms with E-state index in [9.17, 15) is 4.79 Å². The smallest absolute Gasteiger partial charge is 0.409 e. The van der Waals surface area contributed by atoms with Gasteiger partial charge in [-0.15, -0.1) is 0 Å². The van der Waals surface area contributed by atoms with Crippen molar-refractivity contribution >= 4 is 6.09 Å². The van der Waals surface area contributed by atoms with E-state index >= 15 is 0 Å². The predicted octanol–water partition coefficient (Wildman–Crippen LogP) is 0.368. The van der Waals surface area contributed by atoms with Crippen molar-refractivity contribution in [2.24, 2.45) is 0 Å². The van der Waals surface area contributed by atoms with Gasteiger partial charge < -0.3 is 15.0 Å². The lowest BCUT2D eigenvalue weighted by molar-refractivity contribution is 0.0802. The van der Waals surface area contributed by atoms with Gasteiger partial charge in [0.25, 0.3) is 0 Å². The topological polar surface area (TPSA) is 44.8 Å². The fourth-order valence-corrected chi connectivity index (χ4v) is 1.61. The molecule has 0 radical (unpaired) electrons. The maximum absolute atomic E-state index is 11.5. The van der Waals surface area contributed by atoms with E-state index in [0.717, 1.165) is 39.3 Å². The van der Waals surface area contributed by atoms with Gasteiger partial charge >= 0.3 is 6.09 Å². The monoisotopic (exact) mass is 229 g/mol. The summed E-state index contributed by atoms with van der Waals surface area (Å²) in [5.74, 6) is 0. The number of piperazine rings is 1. The third-order valence-electron chi connectivity index (χ3n) is 2.61. The molecule has 0 spiro atoms.